The van der Waals surface area contributed by atoms with Gasteiger partial charge < -0.3 is 0 Å². The highest BCUT2D eigenvalue weighted by atomic mass is 32.2. The van der Waals surface area contributed by atoms with E-state index >= 15 is 0 Å². The predicted octanol–water partition coefficient (Wildman–Crippen LogP) is 4.24. The Morgan fingerprint density at radius 1 is 1.12 bits per heavy atom. The highest BCUT2D eigenvalue weighted by molar-refractivity contribution is 8.26. The van der Waals surface area contributed by atoms with Gasteiger partial charge >= 0.3 is 0 Å². The first-order valence-electron chi connectivity index (χ1n) is 10.5. The molecular formula is C24H21N3O3S3. The summed E-state index contributed by atoms with van der Waals surface area (Å²) >= 11 is 6.67. The maximum atomic E-state index is 13.2. The highest BCUT2D eigenvalue weighted by Crippen LogP contribution is 2.37. The number of hydrogen-bond acceptors (Lipinski definition) is 6. The largest absolute Gasteiger partial charge is 0.289 e. The van der Waals surface area contributed by atoms with Crippen LogP contribution in [0.3, 0.4) is 0 Å². The molecule has 9 heteroatoms. The van der Waals surface area contributed by atoms with E-state index < -0.39 is 15.9 Å². The zero-order valence-corrected chi connectivity index (χ0v) is 20.3. The van der Waals surface area contributed by atoms with Crippen LogP contribution in [0.25, 0.3) is 23.0 Å². The molecule has 2 aliphatic rings. The molecule has 2 aromatic carbocycles. The number of carbonyl (C=O) groups excluding carboxylic acids is 1. The number of amides is 1. The molecule has 168 valence electrons. The zero-order chi connectivity index (χ0) is 23.2. The molecule has 1 unspecified atom stereocenters. The van der Waals surface area contributed by atoms with Crippen LogP contribution in [-0.2, 0) is 14.6 Å². The van der Waals surface area contributed by atoms with Crippen molar-refractivity contribution in [3.05, 3.63) is 76.8 Å². The Kier molecular flexibility index (Phi) is 5.72. The van der Waals surface area contributed by atoms with Crippen LogP contribution in [0.4, 0.5) is 0 Å². The Morgan fingerprint density at radius 2 is 1.85 bits per heavy atom. The number of carbonyl (C=O) groups is 1. The van der Waals surface area contributed by atoms with Crippen LogP contribution in [0.15, 0.2) is 65.7 Å². The van der Waals surface area contributed by atoms with Crippen molar-refractivity contribution in [2.75, 3.05) is 11.5 Å². The maximum absolute atomic E-state index is 13.2. The molecule has 0 saturated carbocycles. The number of nitrogens with zero attached hydrogens (tertiary/aromatic N) is 3. The zero-order valence-electron chi connectivity index (χ0n) is 17.8. The summed E-state index contributed by atoms with van der Waals surface area (Å²) in [5.41, 5.74) is 4.55. The lowest BCUT2D eigenvalue weighted by Crippen LogP contribution is -2.39. The lowest BCUT2D eigenvalue weighted by Gasteiger charge is -2.20. The number of aryl methyl sites for hydroxylation is 1. The molecule has 0 spiro atoms. The van der Waals surface area contributed by atoms with Gasteiger partial charge in [-0.25, -0.2) is 13.1 Å². The molecule has 2 aliphatic heterocycles. The number of sulfone groups is 1. The second kappa shape index (κ2) is 8.55. The van der Waals surface area contributed by atoms with E-state index in [-0.39, 0.29) is 17.4 Å². The van der Waals surface area contributed by atoms with E-state index in [9.17, 15) is 13.2 Å². The molecular weight excluding hydrogens is 474 g/mol. The van der Waals surface area contributed by atoms with Gasteiger partial charge in [0.05, 0.1) is 33.8 Å². The predicted molar refractivity (Wildman–Crippen MR) is 136 cm³/mol. The molecule has 0 radical (unpaired) electrons. The Bertz CT molecular complexity index is 1380. The normalized spacial score (nSPS) is 21.3. The highest BCUT2D eigenvalue weighted by Gasteiger charge is 2.42. The van der Waals surface area contributed by atoms with E-state index in [2.05, 4.69) is 0 Å². The average Bonchev–Trinajstić information content (AvgIpc) is 3.45. The van der Waals surface area contributed by atoms with Gasteiger partial charge in [0.25, 0.3) is 5.91 Å². The summed E-state index contributed by atoms with van der Waals surface area (Å²) in [6.07, 6.45) is 4.13. The van der Waals surface area contributed by atoms with E-state index in [0.717, 1.165) is 28.1 Å². The summed E-state index contributed by atoms with van der Waals surface area (Å²) in [6, 6.07) is 17.5. The molecule has 0 N–H and O–H groups in total. The molecule has 3 heterocycles. The van der Waals surface area contributed by atoms with E-state index in [0.29, 0.717) is 15.6 Å². The van der Waals surface area contributed by atoms with Crippen LogP contribution in [-0.4, -0.2) is 50.9 Å². The van der Waals surface area contributed by atoms with Gasteiger partial charge in [0.15, 0.2) is 9.84 Å². The SMILES string of the molecule is Cc1ccc(-c2nn(-c3ccccc3)cc2C=C2SC(=S)N(C3CCS(=O)(=O)C3)C2=O)cc1. The Hall–Kier alpha value is -2.75. The van der Waals surface area contributed by atoms with Gasteiger partial charge in [0.2, 0.25) is 0 Å². The fourth-order valence-corrected chi connectivity index (χ4v) is 7.15. The summed E-state index contributed by atoms with van der Waals surface area (Å²) in [4.78, 5) is 15.2. The van der Waals surface area contributed by atoms with E-state index in [1.807, 2.05) is 73.8 Å². The van der Waals surface area contributed by atoms with Crippen LogP contribution in [0.1, 0.15) is 17.5 Å². The number of benzene rings is 2. The topological polar surface area (TPSA) is 72.3 Å². The molecule has 1 amide bonds. The van der Waals surface area contributed by atoms with E-state index in [4.69, 9.17) is 17.3 Å². The minimum absolute atomic E-state index is 0.0344. The molecule has 2 fully saturated rings. The molecule has 3 aromatic rings. The van der Waals surface area contributed by atoms with Crippen molar-refractivity contribution in [3.8, 4) is 16.9 Å². The summed E-state index contributed by atoms with van der Waals surface area (Å²) < 4.78 is 26.1. The average molecular weight is 496 g/mol. The first-order valence-corrected chi connectivity index (χ1v) is 13.5. The van der Waals surface area contributed by atoms with Gasteiger partial charge in [-0.1, -0.05) is 72.0 Å². The minimum Gasteiger partial charge on any atom is -0.289 e. The van der Waals surface area contributed by atoms with Gasteiger partial charge in [-0.2, -0.15) is 5.10 Å². The van der Waals surface area contributed by atoms with Crippen LogP contribution in [0, 0.1) is 6.92 Å². The number of rotatable bonds is 4. The molecule has 0 aliphatic carbocycles. The lowest BCUT2D eigenvalue weighted by molar-refractivity contribution is -0.123. The standard InChI is InChI=1S/C24H21N3O3S3/c1-16-7-9-17(10-8-16)22-18(14-26(25-22)19-5-3-2-4-6-19)13-21-23(28)27(24(31)32-21)20-11-12-33(29,30)15-20/h2-10,13-14,20H,11-12,15H2,1H3. The molecule has 0 bridgehead atoms. The second-order valence-electron chi connectivity index (χ2n) is 8.19. The molecule has 1 atom stereocenters. The van der Waals surface area contributed by atoms with Crippen molar-refractivity contribution in [1.82, 2.24) is 14.7 Å². The molecule has 33 heavy (non-hydrogen) atoms. The third-order valence-corrected chi connectivity index (χ3v) is 8.85. The quantitative estimate of drug-likeness (QED) is 0.398. The summed E-state index contributed by atoms with van der Waals surface area (Å²) in [7, 11) is -3.13. The van der Waals surface area contributed by atoms with Crippen molar-refractivity contribution in [2.24, 2.45) is 0 Å². The first-order chi connectivity index (χ1) is 15.8. The lowest BCUT2D eigenvalue weighted by atomic mass is 10.1. The summed E-state index contributed by atoms with van der Waals surface area (Å²) in [5.74, 6) is -0.183. The third-order valence-electron chi connectivity index (χ3n) is 5.77. The van der Waals surface area contributed by atoms with Gasteiger partial charge in [0, 0.05) is 17.3 Å². The fourth-order valence-electron chi connectivity index (χ4n) is 4.06. The number of para-hydroxylation sites is 1. The van der Waals surface area contributed by atoms with Crippen molar-refractivity contribution in [3.63, 3.8) is 0 Å². The molecule has 1 aromatic heterocycles. The Labute approximate surface area is 202 Å². The number of aromatic nitrogens is 2. The van der Waals surface area contributed by atoms with E-state index in [1.54, 1.807) is 4.68 Å². The van der Waals surface area contributed by atoms with Crippen molar-refractivity contribution < 1.29 is 13.2 Å². The number of thioether (sulfide) groups is 1. The minimum atomic E-state index is -3.13. The van der Waals surface area contributed by atoms with Crippen molar-refractivity contribution in [1.29, 1.82) is 0 Å². The van der Waals surface area contributed by atoms with Crippen LogP contribution in [0.5, 0.6) is 0 Å². The van der Waals surface area contributed by atoms with E-state index in [1.165, 1.54) is 16.7 Å². The Balaban J connectivity index is 1.54. The Morgan fingerprint density at radius 3 is 2.52 bits per heavy atom. The second-order valence-corrected chi connectivity index (χ2v) is 12.1. The fraction of sp³-hybridized carbons (Fsp3) is 0.208. The molecule has 5 rings (SSSR count). The summed E-state index contributed by atoms with van der Waals surface area (Å²) in [5, 5.41) is 4.81. The van der Waals surface area contributed by atoms with Gasteiger partial charge in [-0.3, -0.25) is 9.69 Å². The van der Waals surface area contributed by atoms with Crippen LogP contribution in [0.2, 0.25) is 0 Å². The molecule has 6 nitrogen and oxygen atoms in total. The summed E-state index contributed by atoms with van der Waals surface area (Å²) in [6.45, 7) is 2.03. The van der Waals surface area contributed by atoms with Crippen LogP contribution < -0.4 is 0 Å². The maximum Gasteiger partial charge on any atom is 0.266 e. The molecule has 2 saturated heterocycles. The number of thiocarbonyl (C=S) groups is 1. The van der Waals surface area contributed by atoms with Gasteiger partial charge in [0.1, 0.15) is 4.32 Å². The number of hydrogen-bond donors (Lipinski definition) is 0. The van der Waals surface area contributed by atoms with Crippen molar-refractivity contribution >= 4 is 50.1 Å². The van der Waals surface area contributed by atoms with Crippen molar-refractivity contribution in [2.45, 2.75) is 19.4 Å². The third kappa shape index (κ3) is 4.40. The van der Waals surface area contributed by atoms with Crippen LogP contribution >= 0.6 is 24.0 Å². The van der Waals surface area contributed by atoms with Gasteiger partial charge in [-0.05, 0) is 31.6 Å². The van der Waals surface area contributed by atoms with Gasteiger partial charge in [-0.15, -0.1) is 0 Å². The smallest absolute Gasteiger partial charge is 0.266 e. The first kappa shape index (κ1) is 22.1. The monoisotopic (exact) mass is 495 g/mol.